The van der Waals surface area contributed by atoms with Gasteiger partial charge in [-0.2, -0.15) is 0 Å². The molecule has 0 rings (SSSR count). The zero-order valence-electron chi connectivity index (χ0n) is 9.78. The summed E-state index contributed by atoms with van der Waals surface area (Å²) in [6, 6.07) is 0. The van der Waals surface area contributed by atoms with E-state index < -0.39 is 0 Å². The lowest BCUT2D eigenvalue weighted by Crippen LogP contribution is -2.12. The van der Waals surface area contributed by atoms with E-state index in [0.717, 1.165) is 0 Å². The van der Waals surface area contributed by atoms with Gasteiger partial charge >= 0.3 is 0 Å². The average Bonchev–Trinajstić information content (AvgIpc) is 2.26. The Morgan fingerprint density at radius 2 is 1.80 bits per heavy atom. The molecule has 0 N–H and O–H groups in total. The first-order valence-electron chi connectivity index (χ1n) is 5.32. The Morgan fingerprint density at radius 3 is 2.47 bits per heavy atom. The van der Waals surface area contributed by atoms with E-state index in [1.807, 2.05) is 26.0 Å². The third kappa shape index (κ3) is 11.3. The Hall–Kier alpha value is -0.640. The van der Waals surface area contributed by atoms with E-state index in [9.17, 15) is 0 Å². The summed E-state index contributed by atoms with van der Waals surface area (Å²) in [5.74, 6) is 0. The van der Waals surface area contributed by atoms with E-state index in [0.29, 0.717) is 33.0 Å². The molecule has 0 heterocycles. The van der Waals surface area contributed by atoms with Crippen LogP contribution in [-0.2, 0) is 14.2 Å². The number of allylic oxidation sites excluding steroid dienone is 1. The SMILES string of the molecule is C=CC(C)OCCOCCOCC=CC. The van der Waals surface area contributed by atoms with Crippen molar-refractivity contribution >= 4 is 0 Å². The lowest BCUT2D eigenvalue weighted by molar-refractivity contribution is 0.00845. The highest BCUT2D eigenvalue weighted by molar-refractivity contribution is 4.75. The van der Waals surface area contributed by atoms with Crippen LogP contribution in [0.4, 0.5) is 0 Å². The molecule has 0 saturated heterocycles. The van der Waals surface area contributed by atoms with Gasteiger partial charge in [0.15, 0.2) is 0 Å². The third-order valence-electron chi connectivity index (χ3n) is 1.76. The predicted octanol–water partition coefficient (Wildman–Crippen LogP) is 2.19. The Balaban J connectivity index is 3.01. The summed E-state index contributed by atoms with van der Waals surface area (Å²) in [5, 5.41) is 0. The Kier molecular flexibility index (Phi) is 10.9. The number of hydrogen-bond donors (Lipinski definition) is 0. The minimum Gasteiger partial charge on any atom is -0.377 e. The first-order valence-corrected chi connectivity index (χ1v) is 5.32. The molecule has 0 radical (unpaired) electrons. The molecule has 0 aromatic carbocycles. The minimum atomic E-state index is 0.0968. The summed E-state index contributed by atoms with van der Waals surface area (Å²) in [6.45, 7) is 10.6. The van der Waals surface area contributed by atoms with Crippen LogP contribution < -0.4 is 0 Å². The molecule has 0 spiro atoms. The maximum absolute atomic E-state index is 5.34. The molecule has 0 aromatic rings. The van der Waals surface area contributed by atoms with Gasteiger partial charge in [0.1, 0.15) is 0 Å². The van der Waals surface area contributed by atoms with Crippen molar-refractivity contribution in [1.29, 1.82) is 0 Å². The van der Waals surface area contributed by atoms with Crippen LogP contribution >= 0.6 is 0 Å². The van der Waals surface area contributed by atoms with Crippen LogP contribution in [0.15, 0.2) is 24.8 Å². The van der Waals surface area contributed by atoms with E-state index in [-0.39, 0.29) is 6.10 Å². The van der Waals surface area contributed by atoms with Crippen LogP contribution in [0.25, 0.3) is 0 Å². The second-order valence-electron chi connectivity index (χ2n) is 3.07. The Morgan fingerprint density at radius 1 is 1.13 bits per heavy atom. The van der Waals surface area contributed by atoms with Crippen LogP contribution in [0.2, 0.25) is 0 Å². The minimum absolute atomic E-state index is 0.0968. The summed E-state index contributed by atoms with van der Waals surface area (Å²) >= 11 is 0. The van der Waals surface area contributed by atoms with Gasteiger partial charge in [0, 0.05) is 0 Å². The zero-order valence-corrected chi connectivity index (χ0v) is 9.78. The molecule has 0 amide bonds. The molecule has 0 aliphatic rings. The average molecular weight is 214 g/mol. The monoisotopic (exact) mass is 214 g/mol. The summed E-state index contributed by atoms with van der Waals surface area (Å²) in [6.07, 6.45) is 5.79. The van der Waals surface area contributed by atoms with Gasteiger partial charge in [-0.3, -0.25) is 0 Å². The lowest BCUT2D eigenvalue weighted by atomic mass is 10.4. The molecule has 0 aliphatic heterocycles. The molecular formula is C12H22O3. The van der Waals surface area contributed by atoms with Crippen molar-refractivity contribution in [2.75, 3.05) is 33.0 Å². The Bertz CT molecular complexity index is 166. The van der Waals surface area contributed by atoms with Crippen molar-refractivity contribution in [1.82, 2.24) is 0 Å². The van der Waals surface area contributed by atoms with Gasteiger partial charge in [-0.15, -0.1) is 6.58 Å². The number of hydrogen-bond acceptors (Lipinski definition) is 3. The van der Waals surface area contributed by atoms with Crippen LogP contribution in [0.5, 0.6) is 0 Å². The molecule has 3 nitrogen and oxygen atoms in total. The van der Waals surface area contributed by atoms with Gasteiger partial charge in [0.2, 0.25) is 0 Å². The second kappa shape index (κ2) is 11.4. The number of ether oxygens (including phenoxy) is 3. The first kappa shape index (κ1) is 14.4. The molecule has 0 aromatic heterocycles. The van der Waals surface area contributed by atoms with Gasteiger partial charge in [-0.1, -0.05) is 18.2 Å². The highest BCUT2D eigenvalue weighted by Crippen LogP contribution is 1.90. The molecule has 0 bridgehead atoms. The normalized spacial score (nSPS) is 13.2. The fraction of sp³-hybridized carbons (Fsp3) is 0.667. The van der Waals surface area contributed by atoms with Crippen molar-refractivity contribution in [2.24, 2.45) is 0 Å². The van der Waals surface area contributed by atoms with Gasteiger partial charge in [-0.25, -0.2) is 0 Å². The van der Waals surface area contributed by atoms with Gasteiger partial charge < -0.3 is 14.2 Å². The predicted molar refractivity (Wildman–Crippen MR) is 62.1 cm³/mol. The lowest BCUT2D eigenvalue weighted by Gasteiger charge is -2.08. The molecular weight excluding hydrogens is 192 g/mol. The van der Waals surface area contributed by atoms with Crippen molar-refractivity contribution in [3.05, 3.63) is 24.8 Å². The van der Waals surface area contributed by atoms with Crippen molar-refractivity contribution < 1.29 is 14.2 Å². The van der Waals surface area contributed by atoms with Crippen molar-refractivity contribution in [2.45, 2.75) is 20.0 Å². The summed E-state index contributed by atoms with van der Waals surface area (Å²) in [5.41, 5.74) is 0. The molecule has 3 heteroatoms. The Labute approximate surface area is 92.7 Å². The van der Waals surface area contributed by atoms with Gasteiger partial charge in [0.25, 0.3) is 0 Å². The van der Waals surface area contributed by atoms with E-state index in [1.165, 1.54) is 0 Å². The fourth-order valence-electron chi connectivity index (χ4n) is 0.828. The van der Waals surface area contributed by atoms with Crippen LogP contribution in [0, 0.1) is 0 Å². The summed E-state index contributed by atoms with van der Waals surface area (Å²) in [4.78, 5) is 0. The highest BCUT2D eigenvalue weighted by atomic mass is 16.5. The van der Waals surface area contributed by atoms with Crippen molar-refractivity contribution in [3.8, 4) is 0 Å². The molecule has 0 saturated carbocycles. The van der Waals surface area contributed by atoms with Gasteiger partial charge in [-0.05, 0) is 13.8 Å². The standard InChI is InChI=1S/C12H22O3/c1-4-6-7-13-8-9-14-10-11-15-12(3)5-2/h4-6,12H,2,7-11H2,1,3H3. The van der Waals surface area contributed by atoms with E-state index in [4.69, 9.17) is 14.2 Å². The highest BCUT2D eigenvalue weighted by Gasteiger charge is 1.94. The maximum atomic E-state index is 5.34. The largest absolute Gasteiger partial charge is 0.377 e. The molecule has 1 unspecified atom stereocenters. The maximum Gasteiger partial charge on any atom is 0.0726 e. The first-order chi connectivity index (χ1) is 7.31. The zero-order chi connectivity index (χ0) is 11.4. The van der Waals surface area contributed by atoms with Crippen LogP contribution in [-0.4, -0.2) is 39.1 Å². The fourth-order valence-corrected chi connectivity index (χ4v) is 0.828. The summed E-state index contributed by atoms with van der Waals surface area (Å²) < 4.78 is 15.9. The van der Waals surface area contributed by atoms with Crippen molar-refractivity contribution in [3.63, 3.8) is 0 Å². The van der Waals surface area contributed by atoms with E-state index in [1.54, 1.807) is 6.08 Å². The molecule has 1 atom stereocenters. The number of rotatable bonds is 10. The van der Waals surface area contributed by atoms with E-state index >= 15 is 0 Å². The van der Waals surface area contributed by atoms with Crippen LogP contribution in [0.1, 0.15) is 13.8 Å². The van der Waals surface area contributed by atoms with E-state index in [2.05, 4.69) is 6.58 Å². The third-order valence-corrected chi connectivity index (χ3v) is 1.76. The molecule has 88 valence electrons. The molecule has 0 fully saturated rings. The molecule has 15 heavy (non-hydrogen) atoms. The summed E-state index contributed by atoms with van der Waals surface area (Å²) in [7, 11) is 0. The smallest absolute Gasteiger partial charge is 0.0726 e. The second-order valence-corrected chi connectivity index (χ2v) is 3.07. The quantitative estimate of drug-likeness (QED) is 0.412. The van der Waals surface area contributed by atoms with Crippen LogP contribution in [0.3, 0.4) is 0 Å². The van der Waals surface area contributed by atoms with Gasteiger partial charge in [0.05, 0.1) is 39.1 Å². The topological polar surface area (TPSA) is 27.7 Å². The molecule has 0 aliphatic carbocycles.